The van der Waals surface area contributed by atoms with Crippen molar-refractivity contribution in [3.05, 3.63) is 0 Å². The molecule has 1 aliphatic heterocycles. The molecule has 0 radical (unpaired) electrons. The summed E-state index contributed by atoms with van der Waals surface area (Å²) in [4.78, 5) is 24.1. The Morgan fingerprint density at radius 3 is 2.33 bits per heavy atom. The molecule has 0 bridgehead atoms. The molecule has 1 aliphatic rings. The van der Waals surface area contributed by atoms with E-state index in [1.807, 2.05) is 6.92 Å². The van der Waals surface area contributed by atoms with Gasteiger partial charge in [0.1, 0.15) is 0 Å². The van der Waals surface area contributed by atoms with E-state index in [4.69, 9.17) is 5.11 Å². The minimum absolute atomic E-state index is 0.0926. The summed E-state index contributed by atoms with van der Waals surface area (Å²) in [5, 5.41) is 11.7. The summed E-state index contributed by atoms with van der Waals surface area (Å²) in [6.45, 7) is 5.25. The second kappa shape index (κ2) is 4.51. The number of piperidine rings is 1. The summed E-state index contributed by atoms with van der Waals surface area (Å²) in [5.74, 6) is -0.766. The highest BCUT2D eigenvalue weighted by molar-refractivity contribution is 5.76. The van der Waals surface area contributed by atoms with Crippen molar-refractivity contribution in [2.45, 2.75) is 26.7 Å². The number of hydrogen-bond donors (Lipinski definition) is 2. The fourth-order valence-corrected chi connectivity index (χ4v) is 1.68. The zero-order chi connectivity index (χ0) is 11.5. The van der Waals surface area contributed by atoms with Gasteiger partial charge in [0.25, 0.3) is 0 Å². The van der Waals surface area contributed by atoms with Crippen molar-refractivity contribution in [1.29, 1.82) is 0 Å². The lowest BCUT2D eigenvalue weighted by Gasteiger charge is -2.36. The van der Waals surface area contributed by atoms with E-state index < -0.39 is 11.4 Å². The summed E-state index contributed by atoms with van der Waals surface area (Å²) in [5.41, 5.74) is -0.664. The van der Waals surface area contributed by atoms with Gasteiger partial charge in [-0.15, -0.1) is 0 Å². The van der Waals surface area contributed by atoms with Crippen molar-refractivity contribution >= 4 is 12.0 Å². The zero-order valence-corrected chi connectivity index (χ0v) is 9.25. The molecule has 0 aromatic heterocycles. The van der Waals surface area contributed by atoms with Gasteiger partial charge in [0.05, 0.1) is 5.41 Å². The SMILES string of the molecule is CCNC(=O)N1CCC(C)(C(=O)O)CC1. The quantitative estimate of drug-likeness (QED) is 0.717. The Kier molecular flexibility index (Phi) is 3.55. The van der Waals surface area contributed by atoms with Gasteiger partial charge in [-0.1, -0.05) is 0 Å². The normalized spacial score (nSPS) is 19.7. The Morgan fingerprint density at radius 2 is 1.93 bits per heavy atom. The molecule has 0 atom stereocenters. The van der Waals surface area contributed by atoms with Crippen LogP contribution in [0, 0.1) is 5.41 Å². The summed E-state index contributed by atoms with van der Waals surface area (Å²) in [6, 6.07) is -0.0926. The number of aliphatic carboxylic acids is 1. The van der Waals surface area contributed by atoms with Gasteiger partial charge in [0.2, 0.25) is 0 Å². The maximum Gasteiger partial charge on any atom is 0.317 e. The van der Waals surface area contributed by atoms with E-state index in [-0.39, 0.29) is 6.03 Å². The van der Waals surface area contributed by atoms with Crippen molar-refractivity contribution in [2.75, 3.05) is 19.6 Å². The molecule has 2 amide bonds. The molecule has 5 nitrogen and oxygen atoms in total. The van der Waals surface area contributed by atoms with Crippen LogP contribution in [0.1, 0.15) is 26.7 Å². The van der Waals surface area contributed by atoms with Crippen LogP contribution in [0.3, 0.4) is 0 Å². The van der Waals surface area contributed by atoms with Crippen molar-refractivity contribution in [3.8, 4) is 0 Å². The lowest BCUT2D eigenvalue weighted by Crippen LogP contribution is -2.48. The summed E-state index contributed by atoms with van der Waals surface area (Å²) in [7, 11) is 0. The van der Waals surface area contributed by atoms with E-state index in [2.05, 4.69) is 5.32 Å². The second-order valence-electron chi connectivity index (χ2n) is 4.19. The van der Waals surface area contributed by atoms with E-state index in [9.17, 15) is 9.59 Å². The molecule has 0 aromatic rings. The van der Waals surface area contributed by atoms with Gasteiger partial charge in [-0.3, -0.25) is 4.79 Å². The van der Waals surface area contributed by atoms with E-state index in [1.165, 1.54) is 0 Å². The minimum atomic E-state index is -0.766. The average molecular weight is 214 g/mol. The summed E-state index contributed by atoms with van der Waals surface area (Å²) < 4.78 is 0. The Morgan fingerprint density at radius 1 is 1.40 bits per heavy atom. The molecule has 0 spiro atoms. The number of amides is 2. The van der Waals surface area contributed by atoms with Crippen LogP contribution in [-0.4, -0.2) is 41.6 Å². The number of carboxylic acid groups (broad SMARTS) is 1. The third-order valence-electron chi connectivity index (χ3n) is 3.00. The van der Waals surface area contributed by atoms with Gasteiger partial charge >= 0.3 is 12.0 Å². The van der Waals surface area contributed by atoms with Crippen LogP contribution >= 0.6 is 0 Å². The molecule has 0 aliphatic carbocycles. The van der Waals surface area contributed by atoms with Crippen molar-refractivity contribution in [3.63, 3.8) is 0 Å². The molecule has 86 valence electrons. The number of nitrogens with zero attached hydrogens (tertiary/aromatic N) is 1. The predicted octanol–water partition coefficient (Wildman–Crippen LogP) is 0.903. The molecule has 1 saturated heterocycles. The molecule has 15 heavy (non-hydrogen) atoms. The van der Waals surface area contributed by atoms with Crippen molar-refractivity contribution in [2.24, 2.45) is 5.41 Å². The molecule has 5 heteroatoms. The van der Waals surface area contributed by atoms with E-state index in [1.54, 1.807) is 11.8 Å². The van der Waals surface area contributed by atoms with Crippen LogP contribution in [0.4, 0.5) is 4.79 Å². The van der Waals surface area contributed by atoms with Gasteiger partial charge in [0, 0.05) is 19.6 Å². The van der Waals surface area contributed by atoms with Crippen LogP contribution < -0.4 is 5.32 Å². The Hall–Kier alpha value is -1.26. The number of likely N-dealkylation sites (tertiary alicyclic amines) is 1. The summed E-state index contributed by atoms with van der Waals surface area (Å²) in [6.07, 6.45) is 1.05. The van der Waals surface area contributed by atoms with E-state index >= 15 is 0 Å². The Bertz CT molecular complexity index is 257. The van der Waals surface area contributed by atoms with Crippen LogP contribution in [0.25, 0.3) is 0 Å². The first-order chi connectivity index (χ1) is 6.99. The number of carbonyl (C=O) groups is 2. The third kappa shape index (κ3) is 2.61. The number of urea groups is 1. The number of rotatable bonds is 2. The third-order valence-corrected chi connectivity index (χ3v) is 3.00. The topological polar surface area (TPSA) is 69.6 Å². The number of carboxylic acids is 1. The zero-order valence-electron chi connectivity index (χ0n) is 9.25. The molecule has 1 heterocycles. The number of nitrogens with one attached hydrogen (secondary N) is 1. The molecule has 1 rings (SSSR count). The Labute approximate surface area is 89.4 Å². The van der Waals surface area contributed by atoms with Crippen LogP contribution in [-0.2, 0) is 4.79 Å². The standard InChI is InChI=1S/C10H18N2O3/c1-3-11-9(15)12-6-4-10(2,5-7-12)8(13)14/h3-7H2,1-2H3,(H,11,15)(H,13,14). The molecule has 1 fully saturated rings. The highest BCUT2D eigenvalue weighted by Gasteiger charge is 2.37. The van der Waals surface area contributed by atoms with Crippen LogP contribution in [0.2, 0.25) is 0 Å². The van der Waals surface area contributed by atoms with Gasteiger partial charge in [-0.25, -0.2) is 4.79 Å². The molecule has 0 aromatic carbocycles. The highest BCUT2D eigenvalue weighted by Crippen LogP contribution is 2.30. The molecule has 0 unspecified atom stereocenters. The Balaban J connectivity index is 2.49. The second-order valence-corrected chi connectivity index (χ2v) is 4.19. The number of carbonyl (C=O) groups excluding carboxylic acids is 1. The van der Waals surface area contributed by atoms with Crippen molar-refractivity contribution < 1.29 is 14.7 Å². The van der Waals surface area contributed by atoms with Gasteiger partial charge < -0.3 is 15.3 Å². The van der Waals surface area contributed by atoms with Gasteiger partial charge in [0.15, 0.2) is 0 Å². The largest absolute Gasteiger partial charge is 0.481 e. The summed E-state index contributed by atoms with van der Waals surface area (Å²) >= 11 is 0. The maximum absolute atomic E-state index is 11.4. The monoisotopic (exact) mass is 214 g/mol. The van der Waals surface area contributed by atoms with Crippen LogP contribution in [0.5, 0.6) is 0 Å². The first-order valence-corrected chi connectivity index (χ1v) is 5.26. The fourth-order valence-electron chi connectivity index (χ4n) is 1.68. The fraction of sp³-hybridized carbons (Fsp3) is 0.800. The van der Waals surface area contributed by atoms with Crippen molar-refractivity contribution in [1.82, 2.24) is 10.2 Å². The molecule has 0 saturated carbocycles. The van der Waals surface area contributed by atoms with E-state index in [0.717, 1.165) is 0 Å². The van der Waals surface area contributed by atoms with Crippen LogP contribution in [0.15, 0.2) is 0 Å². The average Bonchev–Trinajstić information content (AvgIpc) is 2.19. The lowest BCUT2D eigenvalue weighted by atomic mass is 9.80. The number of hydrogen-bond acceptors (Lipinski definition) is 2. The lowest BCUT2D eigenvalue weighted by molar-refractivity contribution is -0.150. The maximum atomic E-state index is 11.4. The minimum Gasteiger partial charge on any atom is -0.481 e. The first-order valence-electron chi connectivity index (χ1n) is 5.26. The van der Waals surface area contributed by atoms with Gasteiger partial charge in [-0.2, -0.15) is 0 Å². The van der Waals surface area contributed by atoms with Gasteiger partial charge in [-0.05, 0) is 26.7 Å². The predicted molar refractivity (Wildman–Crippen MR) is 55.6 cm³/mol. The molecular weight excluding hydrogens is 196 g/mol. The molecule has 2 N–H and O–H groups in total. The smallest absolute Gasteiger partial charge is 0.317 e. The molecular formula is C10H18N2O3. The highest BCUT2D eigenvalue weighted by atomic mass is 16.4. The van der Waals surface area contributed by atoms with E-state index in [0.29, 0.717) is 32.5 Å². The first kappa shape index (κ1) is 11.8.